The van der Waals surface area contributed by atoms with Gasteiger partial charge in [0.1, 0.15) is 0 Å². The van der Waals surface area contributed by atoms with Crippen molar-refractivity contribution in [2.45, 2.75) is 12.8 Å². The van der Waals surface area contributed by atoms with Crippen LogP contribution in [0.4, 0.5) is 0 Å². The second kappa shape index (κ2) is 7.70. The summed E-state index contributed by atoms with van der Waals surface area (Å²) in [7, 11) is 0. The van der Waals surface area contributed by atoms with Gasteiger partial charge in [0, 0.05) is 30.3 Å². The van der Waals surface area contributed by atoms with Gasteiger partial charge >= 0.3 is 0 Å². The van der Waals surface area contributed by atoms with Gasteiger partial charge in [-0.05, 0) is 12.8 Å². The Labute approximate surface area is 136 Å². The molecule has 1 aliphatic heterocycles. The van der Waals surface area contributed by atoms with Gasteiger partial charge in [-0.25, -0.2) is 5.43 Å². The Hall–Kier alpha value is -2.46. The van der Waals surface area contributed by atoms with Crippen molar-refractivity contribution in [3.63, 3.8) is 0 Å². The summed E-state index contributed by atoms with van der Waals surface area (Å²) >= 11 is 0. The fourth-order valence-electron chi connectivity index (χ4n) is 2.65. The molecular weight excluding hydrogens is 288 g/mol. The largest absolute Gasteiger partial charge is 0.381 e. The average molecular weight is 308 g/mol. The van der Waals surface area contributed by atoms with Gasteiger partial charge in [0.25, 0.3) is 0 Å². The molecule has 1 amide bonds. The van der Waals surface area contributed by atoms with Gasteiger partial charge in [0.2, 0.25) is 5.91 Å². The molecule has 2 aromatic rings. The van der Waals surface area contributed by atoms with Gasteiger partial charge in [-0.3, -0.25) is 4.79 Å². The highest BCUT2D eigenvalue weighted by Crippen LogP contribution is 2.15. The van der Waals surface area contributed by atoms with E-state index < -0.39 is 0 Å². The monoisotopic (exact) mass is 308 g/mol. The number of nitrogens with zero attached hydrogens (tertiary/aromatic N) is 1. The lowest BCUT2D eigenvalue weighted by Gasteiger charge is -2.20. The molecule has 1 fully saturated rings. The van der Waals surface area contributed by atoms with Crippen LogP contribution in [0, 0.1) is 5.92 Å². The van der Waals surface area contributed by atoms with Crippen LogP contribution in [0.2, 0.25) is 0 Å². The molecule has 118 valence electrons. The second-order valence-electron chi connectivity index (χ2n) is 5.56. The van der Waals surface area contributed by atoms with Crippen LogP contribution < -0.4 is 5.43 Å². The highest BCUT2D eigenvalue weighted by atomic mass is 16.5. The third-order valence-electron chi connectivity index (χ3n) is 3.96. The number of hydrogen-bond acceptors (Lipinski definition) is 3. The summed E-state index contributed by atoms with van der Waals surface area (Å²) < 4.78 is 5.30. The summed E-state index contributed by atoms with van der Waals surface area (Å²) in [6.45, 7) is 1.29. The molecule has 0 bridgehead atoms. The third-order valence-corrected chi connectivity index (χ3v) is 3.96. The summed E-state index contributed by atoms with van der Waals surface area (Å²) in [6.07, 6.45) is 1.51. The minimum Gasteiger partial charge on any atom is -0.381 e. The van der Waals surface area contributed by atoms with Crippen molar-refractivity contribution < 1.29 is 9.53 Å². The van der Waals surface area contributed by atoms with E-state index in [-0.39, 0.29) is 11.8 Å². The van der Waals surface area contributed by atoms with Gasteiger partial charge in [0.15, 0.2) is 0 Å². The molecule has 1 saturated heterocycles. The molecule has 0 saturated carbocycles. The molecule has 4 heteroatoms. The number of hydrogen-bond donors (Lipinski definition) is 1. The Morgan fingerprint density at radius 3 is 1.96 bits per heavy atom. The molecule has 0 atom stereocenters. The zero-order chi connectivity index (χ0) is 15.9. The zero-order valence-corrected chi connectivity index (χ0v) is 12.9. The Morgan fingerprint density at radius 1 is 0.913 bits per heavy atom. The number of carbonyl (C=O) groups excluding carboxylic acids is 1. The maximum Gasteiger partial charge on any atom is 0.243 e. The van der Waals surface area contributed by atoms with Gasteiger partial charge in [-0.2, -0.15) is 5.10 Å². The van der Waals surface area contributed by atoms with Gasteiger partial charge in [-0.1, -0.05) is 60.7 Å². The van der Waals surface area contributed by atoms with Crippen LogP contribution in [-0.2, 0) is 9.53 Å². The topological polar surface area (TPSA) is 50.7 Å². The molecule has 2 aromatic carbocycles. The molecule has 0 aromatic heterocycles. The summed E-state index contributed by atoms with van der Waals surface area (Å²) in [6, 6.07) is 19.8. The number of hydrazone groups is 1. The van der Waals surface area contributed by atoms with Crippen molar-refractivity contribution in [2.75, 3.05) is 13.2 Å². The zero-order valence-electron chi connectivity index (χ0n) is 12.9. The number of rotatable bonds is 4. The maximum atomic E-state index is 12.3. The number of nitrogens with one attached hydrogen (secondary N) is 1. The van der Waals surface area contributed by atoms with Crippen molar-refractivity contribution in [1.29, 1.82) is 0 Å². The molecule has 1 aliphatic rings. The highest BCUT2D eigenvalue weighted by Gasteiger charge is 2.21. The van der Waals surface area contributed by atoms with Crippen LogP contribution in [0.3, 0.4) is 0 Å². The maximum absolute atomic E-state index is 12.3. The van der Waals surface area contributed by atoms with Crippen LogP contribution in [0.15, 0.2) is 65.8 Å². The van der Waals surface area contributed by atoms with E-state index in [1.54, 1.807) is 0 Å². The van der Waals surface area contributed by atoms with E-state index in [9.17, 15) is 4.79 Å². The first-order valence-electron chi connectivity index (χ1n) is 7.91. The van der Waals surface area contributed by atoms with Crippen molar-refractivity contribution >= 4 is 11.6 Å². The Morgan fingerprint density at radius 2 is 1.43 bits per heavy atom. The number of ether oxygens (including phenoxy) is 1. The van der Waals surface area contributed by atoms with Crippen molar-refractivity contribution in [3.05, 3.63) is 71.8 Å². The normalized spacial score (nSPS) is 15.0. The first-order chi connectivity index (χ1) is 11.3. The van der Waals surface area contributed by atoms with Gasteiger partial charge in [-0.15, -0.1) is 0 Å². The number of carbonyl (C=O) groups is 1. The summed E-state index contributed by atoms with van der Waals surface area (Å²) in [4.78, 5) is 12.3. The quantitative estimate of drug-likeness (QED) is 0.697. The van der Waals surface area contributed by atoms with E-state index >= 15 is 0 Å². The minimum absolute atomic E-state index is 0.0136. The summed E-state index contributed by atoms with van der Waals surface area (Å²) in [5, 5.41) is 4.42. The predicted molar refractivity (Wildman–Crippen MR) is 90.2 cm³/mol. The lowest BCUT2D eigenvalue weighted by molar-refractivity contribution is -0.127. The Balaban J connectivity index is 1.82. The number of benzene rings is 2. The molecule has 3 rings (SSSR count). The predicted octanol–water partition coefficient (Wildman–Crippen LogP) is 2.98. The first kappa shape index (κ1) is 15.4. The van der Waals surface area contributed by atoms with E-state index in [4.69, 9.17) is 4.74 Å². The van der Waals surface area contributed by atoms with E-state index in [1.807, 2.05) is 60.7 Å². The SMILES string of the molecule is O=C(NN=C(c1ccccc1)c1ccccc1)C1CCOCC1. The van der Waals surface area contributed by atoms with E-state index in [0.717, 1.165) is 29.7 Å². The van der Waals surface area contributed by atoms with Crippen LogP contribution in [0.25, 0.3) is 0 Å². The van der Waals surface area contributed by atoms with E-state index in [1.165, 1.54) is 0 Å². The van der Waals surface area contributed by atoms with Crippen molar-refractivity contribution in [3.8, 4) is 0 Å². The van der Waals surface area contributed by atoms with E-state index in [2.05, 4.69) is 10.5 Å². The minimum atomic E-state index is -0.0299. The smallest absolute Gasteiger partial charge is 0.243 e. The van der Waals surface area contributed by atoms with Gasteiger partial charge < -0.3 is 4.74 Å². The Bertz CT molecular complexity index is 621. The Kier molecular flexibility index (Phi) is 5.17. The van der Waals surface area contributed by atoms with Crippen molar-refractivity contribution in [1.82, 2.24) is 5.43 Å². The first-order valence-corrected chi connectivity index (χ1v) is 7.91. The standard InChI is InChI=1S/C19H20N2O2/c22-19(17-11-13-23-14-12-17)21-20-18(15-7-3-1-4-8-15)16-9-5-2-6-10-16/h1-10,17H,11-14H2,(H,21,22). The fraction of sp³-hybridized carbons (Fsp3) is 0.263. The highest BCUT2D eigenvalue weighted by molar-refractivity contribution is 6.13. The molecule has 0 unspecified atom stereocenters. The molecular formula is C19H20N2O2. The van der Waals surface area contributed by atoms with Gasteiger partial charge in [0.05, 0.1) is 5.71 Å². The molecule has 23 heavy (non-hydrogen) atoms. The summed E-state index contributed by atoms with van der Waals surface area (Å²) in [5.41, 5.74) is 5.47. The van der Waals surface area contributed by atoms with Crippen LogP contribution >= 0.6 is 0 Å². The molecule has 1 heterocycles. The average Bonchev–Trinajstić information content (AvgIpc) is 2.64. The van der Waals surface area contributed by atoms with E-state index in [0.29, 0.717) is 13.2 Å². The summed E-state index contributed by atoms with van der Waals surface area (Å²) in [5.74, 6) is -0.0436. The molecule has 1 N–H and O–H groups in total. The molecule has 4 nitrogen and oxygen atoms in total. The second-order valence-corrected chi connectivity index (χ2v) is 5.56. The van der Waals surface area contributed by atoms with Crippen LogP contribution in [0.1, 0.15) is 24.0 Å². The van der Waals surface area contributed by atoms with Crippen molar-refractivity contribution in [2.24, 2.45) is 11.0 Å². The number of amides is 1. The molecule has 0 aliphatic carbocycles. The van der Waals surface area contributed by atoms with Crippen LogP contribution in [-0.4, -0.2) is 24.8 Å². The molecule has 0 spiro atoms. The lowest BCUT2D eigenvalue weighted by Crippen LogP contribution is -2.32. The fourth-order valence-corrected chi connectivity index (χ4v) is 2.65. The lowest BCUT2D eigenvalue weighted by atomic mass is 10.00. The molecule has 0 radical (unpaired) electrons. The van der Waals surface area contributed by atoms with Crippen LogP contribution in [0.5, 0.6) is 0 Å². The third kappa shape index (κ3) is 4.05.